The lowest BCUT2D eigenvalue weighted by atomic mass is 10.0. The minimum Gasteiger partial charge on any atom is -0.497 e. The van der Waals surface area contributed by atoms with Gasteiger partial charge in [0.15, 0.2) is 5.96 Å². The van der Waals surface area contributed by atoms with E-state index in [1.165, 1.54) is 0 Å². The van der Waals surface area contributed by atoms with E-state index in [1.807, 2.05) is 17.8 Å². The Morgan fingerprint density at radius 2 is 1.82 bits per heavy atom. The lowest BCUT2D eigenvalue weighted by Crippen LogP contribution is -2.48. The summed E-state index contributed by atoms with van der Waals surface area (Å²) in [7, 11) is 3.38. The number of aliphatic imine (C=N–C) groups is 1. The molecule has 6 nitrogen and oxygen atoms in total. The Hall–Kier alpha value is -1.03. The number of piperidine rings is 1. The van der Waals surface area contributed by atoms with Gasteiger partial charge in [0.1, 0.15) is 11.5 Å². The van der Waals surface area contributed by atoms with Gasteiger partial charge in [0, 0.05) is 56.1 Å². The van der Waals surface area contributed by atoms with Gasteiger partial charge in [-0.3, -0.25) is 4.99 Å². The molecule has 0 spiro atoms. The van der Waals surface area contributed by atoms with Crippen LogP contribution >= 0.6 is 35.7 Å². The molecule has 160 valence electrons. The van der Waals surface area contributed by atoms with Crippen molar-refractivity contribution in [2.75, 3.05) is 57.3 Å². The molecule has 0 radical (unpaired) electrons. The predicted octanol–water partition coefficient (Wildman–Crippen LogP) is 3.60. The van der Waals surface area contributed by atoms with E-state index in [2.05, 4.69) is 40.8 Å². The van der Waals surface area contributed by atoms with Gasteiger partial charge in [0.05, 0.1) is 14.2 Å². The lowest BCUT2D eigenvalue weighted by Gasteiger charge is -2.34. The summed E-state index contributed by atoms with van der Waals surface area (Å²) in [4.78, 5) is 7.10. The number of anilines is 1. The second-order valence-corrected chi connectivity index (χ2v) is 7.57. The van der Waals surface area contributed by atoms with Crippen LogP contribution in [-0.4, -0.2) is 64.4 Å². The highest BCUT2D eigenvalue weighted by Crippen LogP contribution is 2.30. The molecule has 2 rings (SSSR count). The Morgan fingerprint density at radius 3 is 2.36 bits per heavy atom. The molecule has 0 bridgehead atoms. The van der Waals surface area contributed by atoms with Crippen LogP contribution in [0.4, 0.5) is 5.69 Å². The van der Waals surface area contributed by atoms with Crippen LogP contribution < -0.4 is 25.0 Å². The molecule has 1 aliphatic heterocycles. The van der Waals surface area contributed by atoms with Gasteiger partial charge in [0.2, 0.25) is 0 Å². The first-order valence-corrected chi connectivity index (χ1v) is 11.1. The number of thioether (sulfide) groups is 1. The zero-order chi connectivity index (χ0) is 19.5. The number of halogens is 1. The van der Waals surface area contributed by atoms with Gasteiger partial charge in [-0.05, 0) is 38.2 Å². The molecule has 2 N–H and O–H groups in total. The molecule has 0 amide bonds. The molecular weight excluding hydrogens is 487 g/mol. The molecule has 1 aromatic rings. The fraction of sp³-hybridized carbons (Fsp3) is 0.650. The largest absolute Gasteiger partial charge is 0.497 e. The molecule has 1 fully saturated rings. The number of rotatable bonds is 9. The van der Waals surface area contributed by atoms with Gasteiger partial charge in [-0.15, -0.1) is 24.0 Å². The summed E-state index contributed by atoms with van der Waals surface area (Å²) in [6.07, 6.45) is 5.41. The smallest absolute Gasteiger partial charge is 0.191 e. The van der Waals surface area contributed by atoms with Gasteiger partial charge in [-0.2, -0.15) is 11.8 Å². The normalized spacial score (nSPS) is 15.0. The van der Waals surface area contributed by atoms with Gasteiger partial charge in [0.25, 0.3) is 0 Å². The van der Waals surface area contributed by atoms with Gasteiger partial charge in [-0.1, -0.05) is 0 Å². The van der Waals surface area contributed by atoms with Crippen molar-refractivity contribution < 1.29 is 9.47 Å². The van der Waals surface area contributed by atoms with Crippen molar-refractivity contribution in [2.24, 2.45) is 4.99 Å². The minimum absolute atomic E-state index is 0. The average molecular weight is 522 g/mol. The lowest BCUT2D eigenvalue weighted by molar-refractivity contribution is 0.393. The van der Waals surface area contributed by atoms with E-state index in [4.69, 9.17) is 14.5 Å². The SMILES string of the molecule is CCNC(=NCCCSC)NC1CCN(c2cc(OC)cc(OC)c2)CC1.I. The molecule has 1 aliphatic rings. The first kappa shape index (κ1) is 25.0. The van der Waals surface area contributed by atoms with Crippen LogP contribution in [0.25, 0.3) is 0 Å². The van der Waals surface area contributed by atoms with E-state index >= 15 is 0 Å². The Morgan fingerprint density at radius 1 is 1.18 bits per heavy atom. The van der Waals surface area contributed by atoms with Crippen LogP contribution in [0.5, 0.6) is 11.5 Å². The van der Waals surface area contributed by atoms with Crippen molar-refractivity contribution >= 4 is 47.4 Å². The Bertz CT molecular complexity index is 573. The number of methoxy groups -OCH3 is 2. The predicted molar refractivity (Wildman–Crippen MR) is 132 cm³/mol. The van der Waals surface area contributed by atoms with E-state index < -0.39 is 0 Å². The quantitative estimate of drug-likeness (QED) is 0.224. The summed E-state index contributed by atoms with van der Waals surface area (Å²) in [6.45, 7) is 5.87. The summed E-state index contributed by atoms with van der Waals surface area (Å²) in [6, 6.07) is 6.52. The summed E-state index contributed by atoms with van der Waals surface area (Å²) >= 11 is 1.87. The van der Waals surface area contributed by atoms with Gasteiger partial charge < -0.3 is 25.0 Å². The second-order valence-electron chi connectivity index (χ2n) is 6.58. The Kier molecular flexibility index (Phi) is 12.5. The second kappa shape index (κ2) is 14.0. The van der Waals surface area contributed by atoms with Crippen LogP contribution in [0.15, 0.2) is 23.2 Å². The van der Waals surface area contributed by atoms with Crippen molar-refractivity contribution in [2.45, 2.75) is 32.2 Å². The molecule has 1 aromatic carbocycles. The highest BCUT2D eigenvalue weighted by molar-refractivity contribution is 14.0. The number of hydrogen-bond donors (Lipinski definition) is 2. The summed E-state index contributed by atoms with van der Waals surface area (Å²) < 4.78 is 10.8. The molecule has 0 aromatic heterocycles. The summed E-state index contributed by atoms with van der Waals surface area (Å²) in [5, 5.41) is 6.97. The standard InChI is InChI=1S/C20H34N4O2S.HI/c1-5-21-20(22-9-6-12-27-4)23-16-7-10-24(11-8-16)17-13-18(25-2)15-19(14-17)26-3;/h13-16H,5-12H2,1-4H3,(H2,21,22,23);1H. The number of guanidine groups is 1. The van der Waals surface area contributed by atoms with E-state index in [9.17, 15) is 0 Å². The fourth-order valence-corrected chi connectivity index (χ4v) is 3.59. The highest BCUT2D eigenvalue weighted by atomic mass is 127. The molecule has 8 heteroatoms. The van der Waals surface area contributed by atoms with Crippen molar-refractivity contribution in [3.8, 4) is 11.5 Å². The van der Waals surface area contributed by atoms with Gasteiger partial charge in [-0.25, -0.2) is 0 Å². The van der Waals surface area contributed by atoms with Crippen LogP contribution in [0.1, 0.15) is 26.2 Å². The molecule has 0 unspecified atom stereocenters. The van der Waals surface area contributed by atoms with Crippen LogP contribution in [0, 0.1) is 0 Å². The maximum absolute atomic E-state index is 5.40. The number of hydrogen-bond acceptors (Lipinski definition) is 5. The van der Waals surface area contributed by atoms with Crippen molar-refractivity contribution in [1.82, 2.24) is 10.6 Å². The monoisotopic (exact) mass is 522 g/mol. The summed E-state index contributed by atoms with van der Waals surface area (Å²) in [5.74, 6) is 3.76. The van der Waals surface area contributed by atoms with Crippen molar-refractivity contribution in [1.29, 1.82) is 0 Å². The minimum atomic E-state index is 0. The third-order valence-corrected chi connectivity index (χ3v) is 5.35. The summed E-state index contributed by atoms with van der Waals surface area (Å²) in [5.41, 5.74) is 1.15. The fourth-order valence-electron chi connectivity index (χ4n) is 3.17. The van der Waals surface area contributed by atoms with Crippen LogP contribution in [0.3, 0.4) is 0 Å². The third kappa shape index (κ3) is 8.14. The van der Waals surface area contributed by atoms with Gasteiger partial charge >= 0.3 is 0 Å². The molecular formula is C20H35IN4O2S. The first-order chi connectivity index (χ1) is 13.2. The first-order valence-electron chi connectivity index (χ1n) is 9.72. The molecule has 0 atom stereocenters. The van der Waals surface area contributed by atoms with Crippen LogP contribution in [-0.2, 0) is 0 Å². The number of benzene rings is 1. The number of nitrogens with one attached hydrogen (secondary N) is 2. The maximum atomic E-state index is 5.40. The third-order valence-electron chi connectivity index (χ3n) is 4.66. The molecule has 28 heavy (non-hydrogen) atoms. The van der Waals surface area contributed by atoms with E-state index in [-0.39, 0.29) is 24.0 Å². The average Bonchev–Trinajstić information content (AvgIpc) is 2.71. The zero-order valence-electron chi connectivity index (χ0n) is 17.5. The van der Waals surface area contributed by atoms with Crippen molar-refractivity contribution in [3.63, 3.8) is 0 Å². The maximum Gasteiger partial charge on any atom is 0.191 e. The Labute approximate surface area is 191 Å². The van der Waals surface area contributed by atoms with E-state index in [0.29, 0.717) is 6.04 Å². The molecule has 0 aliphatic carbocycles. The Balaban J connectivity index is 0.00000392. The zero-order valence-corrected chi connectivity index (χ0v) is 20.6. The van der Waals surface area contributed by atoms with Crippen molar-refractivity contribution in [3.05, 3.63) is 18.2 Å². The van der Waals surface area contributed by atoms with E-state index in [0.717, 1.165) is 74.3 Å². The number of nitrogens with zero attached hydrogens (tertiary/aromatic N) is 2. The molecule has 0 saturated carbocycles. The molecule has 1 saturated heterocycles. The topological polar surface area (TPSA) is 58.1 Å². The van der Waals surface area contributed by atoms with Crippen LogP contribution in [0.2, 0.25) is 0 Å². The molecule has 1 heterocycles. The number of ether oxygens (including phenoxy) is 2. The highest BCUT2D eigenvalue weighted by Gasteiger charge is 2.21. The van der Waals surface area contributed by atoms with E-state index in [1.54, 1.807) is 14.2 Å².